The molecule has 0 saturated carbocycles. The van der Waals surface area contributed by atoms with Crippen molar-refractivity contribution in [1.29, 1.82) is 0 Å². The Kier molecular flexibility index (Phi) is 4.72. The Morgan fingerprint density at radius 1 is 1.00 bits per heavy atom. The molecule has 0 unspecified atom stereocenters. The molecule has 5 rings (SSSR count). The topological polar surface area (TPSA) is 54.4 Å². The maximum atomic E-state index is 13.5. The number of carbonyl (C=O) groups is 1. The van der Waals surface area contributed by atoms with Gasteiger partial charge in [-0.15, -0.1) is 0 Å². The highest BCUT2D eigenvalue weighted by Crippen LogP contribution is 2.41. The Morgan fingerprint density at radius 3 is 2.55 bits per heavy atom. The van der Waals surface area contributed by atoms with Crippen molar-refractivity contribution in [3.63, 3.8) is 0 Å². The number of carbonyl (C=O) groups excluding carboxylic acids is 1. The first kappa shape index (κ1) is 18.2. The van der Waals surface area contributed by atoms with Crippen molar-refractivity contribution in [3.8, 4) is 11.5 Å². The quantitative estimate of drug-likeness (QED) is 0.791. The number of piperidine rings is 1. The fourth-order valence-corrected chi connectivity index (χ4v) is 4.61. The molecule has 3 aliphatic rings. The van der Waals surface area contributed by atoms with Crippen LogP contribution in [-0.4, -0.2) is 36.4 Å². The summed E-state index contributed by atoms with van der Waals surface area (Å²) in [6.45, 7) is 4.19. The highest BCUT2D eigenvalue weighted by Gasteiger charge is 2.43. The van der Waals surface area contributed by atoms with E-state index >= 15 is 0 Å². The zero-order chi connectivity index (χ0) is 19.8. The lowest BCUT2D eigenvalue weighted by Gasteiger charge is -2.37. The number of hydrogen-bond donors (Lipinski definition) is 0. The average Bonchev–Trinajstić information content (AvgIpc) is 3.35. The zero-order valence-corrected chi connectivity index (χ0v) is 16.6. The second-order valence-electron chi connectivity index (χ2n) is 7.86. The summed E-state index contributed by atoms with van der Waals surface area (Å²) in [6.07, 6.45) is 3.55. The van der Waals surface area contributed by atoms with Gasteiger partial charge in [-0.3, -0.25) is 9.69 Å². The molecule has 3 heterocycles. The van der Waals surface area contributed by atoms with Crippen LogP contribution >= 0.6 is 0 Å². The van der Waals surface area contributed by atoms with Crippen LogP contribution in [-0.2, 0) is 4.79 Å². The van der Waals surface area contributed by atoms with Crippen molar-refractivity contribution in [2.45, 2.75) is 32.2 Å². The number of anilines is 1. The van der Waals surface area contributed by atoms with Crippen LogP contribution in [0.25, 0.3) is 0 Å². The second-order valence-corrected chi connectivity index (χ2v) is 7.86. The van der Waals surface area contributed by atoms with Gasteiger partial charge in [-0.2, -0.15) is 5.10 Å². The normalized spacial score (nSPS) is 22.7. The van der Waals surface area contributed by atoms with Gasteiger partial charge in [0, 0.05) is 0 Å². The Morgan fingerprint density at radius 2 is 1.76 bits per heavy atom. The molecule has 1 saturated heterocycles. The van der Waals surface area contributed by atoms with E-state index in [0.717, 1.165) is 54.4 Å². The van der Waals surface area contributed by atoms with Crippen molar-refractivity contribution in [3.05, 3.63) is 54.1 Å². The number of hydrogen-bond acceptors (Lipinski definition) is 5. The van der Waals surface area contributed by atoms with Crippen molar-refractivity contribution in [2.24, 2.45) is 11.0 Å². The predicted octanol–water partition coefficient (Wildman–Crippen LogP) is 3.98. The smallest absolute Gasteiger partial charge is 0.258 e. The molecular weight excluding hydrogens is 366 g/mol. The van der Waals surface area contributed by atoms with Gasteiger partial charge in [-0.1, -0.05) is 30.7 Å². The summed E-state index contributed by atoms with van der Waals surface area (Å²) in [5.74, 6) is 1.24. The third-order valence-corrected chi connectivity index (χ3v) is 6.02. The van der Waals surface area contributed by atoms with Crippen LogP contribution in [0.15, 0.2) is 53.6 Å². The van der Waals surface area contributed by atoms with Gasteiger partial charge < -0.3 is 9.47 Å². The molecule has 0 aliphatic carbocycles. The maximum absolute atomic E-state index is 13.5. The van der Waals surface area contributed by atoms with Crippen LogP contribution in [0.2, 0.25) is 0 Å². The molecule has 2 atom stereocenters. The lowest BCUT2D eigenvalue weighted by molar-refractivity contribution is -0.121. The first-order valence-corrected chi connectivity index (χ1v) is 10.3. The molecule has 0 aromatic heterocycles. The van der Waals surface area contributed by atoms with E-state index < -0.39 is 0 Å². The minimum absolute atomic E-state index is 0.0296. The number of fused-ring (bicyclic) bond motifs is 1. The van der Waals surface area contributed by atoms with Crippen molar-refractivity contribution in [2.75, 3.05) is 24.9 Å². The minimum atomic E-state index is -0.311. The molecule has 150 valence electrons. The lowest BCUT2D eigenvalue weighted by Crippen LogP contribution is -2.43. The molecule has 2 aromatic rings. The highest BCUT2D eigenvalue weighted by molar-refractivity contribution is 6.15. The van der Waals surface area contributed by atoms with Gasteiger partial charge in [0.05, 0.1) is 23.4 Å². The van der Waals surface area contributed by atoms with E-state index in [1.165, 1.54) is 6.42 Å². The number of ether oxygens (including phenoxy) is 2. The Bertz CT molecular complexity index is 938. The third kappa shape index (κ3) is 3.27. The SMILES string of the molecule is CC1=NN(c2ccccc2)C(=O)[C@@H]1[C@@H](c1ccc2c(c1)OCO2)N1CCCCC1. The van der Waals surface area contributed by atoms with Crippen molar-refractivity contribution < 1.29 is 14.3 Å². The van der Waals surface area contributed by atoms with E-state index in [2.05, 4.69) is 16.1 Å². The third-order valence-electron chi connectivity index (χ3n) is 6.02. The van der Waals surface area contributed by atoms with Crippen LogP contribution in [0, 0.1) is 5.92 Å². The highest BCUT2D eigenvalue weighted by atomic mass is 16.7. The van der Waals surface area contributed by atoms with Crippen LogP contribution < -0.4 is 14.5 Å². The lowest BCUT2D eigenvalue weighted by atomic mass is 9.86. The monoisotopic (exact) mass is 391 g/mol. The molecule has 0 spiro atoms. The molecule has 2 aromatic carbocycles. The van der Waals surface area contributed by atoms with E-state index in [1.54, 1.807) is 5.01 Å². The van der Waals surface area contributed by atoms with Crippen LogP contribution in [0.1, 0.15) is 37.8 Å². The van der Waals surface area contributed by atoms with Gasteiger partial charge in [0.15, 0.2) is 11.5 Å². The van der Waals surface area contributed by atoms with E-state index in [-0.39, 0.29) is 24.7 Å². The fraction of sp³-hybridized carbons (Fsp3) is 0.391. The molecular formula is C23H25N3O3. The summed E-state index contributed by atoms with van der Waals surface area (Å²) in [7, 11) is 0. The summed E-state index contributed by atoms with van der Waals surface area (Å²) in [5.41, 5.74) is 2.74. The maximum Gasteiger partial charge on any atom is 0.258 e. The number of amides is 1. The van der Waals surface area contributed by atoms with E-state index in [9.17, 15) is 4.79 Å². The summed E-state index contributed by atoms with van der Waals surface area (Å²) < 4.78 is 11.1. The van der Waals surface area contributed by atoms with Gasteiger partial charge in [0.2, 0.25) is 6.79 Å². The Labute approximate surface area is 170 Å². The number of nitrogens with zero attached hydrogens (tertiary/aromatic N) is 3. The number of rotatable bonds is 4. The second kappa shape index (κ2) is 7.52. The first-order valence-electron chi connectivity index (χ1n) is 10.3. The molecule has 1 fully saturated rings. The largest absolute Gasteiger partial charge is 0.454 e. The van der Waals surface area contributed by atoms with E-state index in [4.69, 9.17) is 9.47 Å². The molecule has 1 amide bonds. The van der Waals surface area contributed by atoms with Gasteiger partial charge in [0.1, 0.15) is 0 Å². The average molecular weight is 391 g/mol. The number of benzene rings is 2. The van der Waals surface area contributed by atoms with Gasteiger partial charge in [-0.05, 0) is 62.7 Å². The summed E-state index contributed by atoms with van der Waals surface area (Å²) >= 11 is 0. The number of hydrazone groups is 1. The van der Waals surface area contributed by atoms with Gasteiger partial charge in [0.25, 0.3) is 5.91 Å². The summed E-state index contributed by atoms with van der Waals surface area (Å²) in [6, 6.07) is 15.7. The zero-order valence-electron chi connectivity index (χ0n) is 16.6. The van der Waals surface area contributed by atoms with Crippen LogP contribution in [0.5, 0.6) is 11.5 Å². The Balaban J connectivity index is 1.53. The number of para-hydroxylation sites is 1. The van der Waals surface area contributed by atoms with Gasteiger partial charge >= 0.3 is 0 Å². The molecule has 0 N–H and O–H groups in total. The predicted molar refractivity (Wildman–Crippen MR) is 111 cm³/mol. The van der Waals surface area contributed by atoms with E-state index in [1.807, 2.05) is 49.4 Å². The number of likely N-dealkylation sites (tertiary alicyclic amines) is 1. The summed E-state index contributed by atoms with van der Waals surface area (Å²) in [4.78, 5) is 16.0. The minimum Gasteiger partial charge on any atom is -0.454 e. The fourth-order valence-electron chi connectivity index (χ4n) is 4.61. The van der Waals surface area contributed by atoms with E-state index in [0.29, 0.717) is 0 Å². The molecule has 0 bridgehead atoms. The van der Waals surface area contributed by atoms with Crippen LogP contribution in [0.4, 0.5) is 5.69 Å². The standard InChI is InChI=1S/C23H25N3O3/c1-16-21(23(27)26(24-16)18-8-4-2-5-9-18)22(25-12-6-3-7-13-25)17-10-11-19-20(14-17)29-15-28-19/h2,4-5,8-11,14,21-22H,3,6-7,12-13,15H2,1H3/t21-,22+/m0/s1. The van der Waals surface area contributed by atoms with Gasteiger partial charge in [-0.25, -0.2) is 5.01 Å². The van der Waals surface area contributed by atoms with Crippen LogP contribution in [0.3, 0.4) is 0 Å². The molecule has 3 aliphatic heterocycles. The van der Waals surface area contributed by atoms with Crippen molar-refractivity contribution >= 4 is 17.3 Å². The molecule has 6 heteroatoms. The summed E-state index contributed by atoms with van der Waals surface area (Å²) in [5, 5.41) is 6.21. The Hall–Kier alpha value is -2.86. The first-order chi connectivity index (χ1) is 14.2. The molecule has 6 nitrogen and oxygen atoms in total. The van der Waals surface area contributed by atoms with Crippen molar-refractivity contribution in [1.82, 2.24) is 4.90 Å². The molecule has 29 heavy (non-hydrogen) atoms. The molecule has 0 radical (unpaired) electrons.